The molecule has 1 unspecified atom stereocenters. The SMILES string of the molecule is COCCn1c(=NC(=O)C(C)Oc2ccccc2)sc2cc(F)ccc21. The van der Waals surface area contributed by atoms with Crippen LogP contribution in [0.5, 0.6) is 5.75 Å². The van der Waals surface area contributed by atoms with Crippen LogP contribution in [0.15, 0.2) is 53.5 Å². The first kappa shape index (κ1) is 18.3. The van der Waals surface area contributed by atoms with Crippen LogP contribution in [0, 0.1) is 5.82 Å². The Morgan fingerprint density at radius 1 is 1.27 bits per heavy atom. The Bertz CT molecular complexity index is 966. The average Bonchev–Trinajstić information content (AvgIpc) is 2.96. The highest BCUT2D eigenvalue weighted by atomic mass is 32.1. The molecular formula is C19H19FN2O3S. The standard InChI is InChI=1S/C19H19FN2O3S/c1-13(25-15-6-4-3-5-7-15)18(23)21-19-22(10-11-24-2)16-9-8-14(20)12-17(16)26-19/h3-9,12-13H,10-11H2,1-2H3. The van der Waals surface area contributed by atoms with Crippen molar-refractivity contribution in [1.29, 1.82) is 0 Å². The van der Waals surface area contributed by atoms with Crippen molar-refractivity contribution >= 4 is 27.5 Å². The lowest BCUT2D eigenvalue weighted by Crippen LogP contribution is -2.26. The number of fused-ring (bicyclic) bond motifs is 1. The minimum absolute atomic E-state index is 0.323. The van der Waals surface area contributed by atoms with Gasteiger partial charge in [-0.05, 0) is 37.3 Å². The molecule has 0 spiro atoms. The van der Waals surface area contributed by atoms with E-state index in [-0.39, 0.29) is 5.82 Å². The third kappa shape index (κ3) is 4.17. The second-order valence-electron chi connectivity index (χ2n) is 5.66. The molecule has 3 aromatic rings. The molecule has 136 valence electrons. The summed E-state index contributed by atoms with van der Waals surface area (Å²) in [6.45, 7) is 2.63. The Morgan fingerprint density at radius 3 is 2.77 bits per heavy atom. The van der Waals surface area contributed by atoms with E-state index in [9.17, 15) is 9.18 Å². The molecule has 0 fully saturated rings. The number of aromatic nitrogens is 1. The van der Waals surface area contributed by atoms with Gasteiger partial charge < -0.3 is 14.0 Å². The topological polar surface area (TPSA) is 52.8 Å². The van der Waals surface area contributed by atoms with Crippen LogP contribution in [0.2, 0.25) is 0 Å². The normalized spacial score (nSPS) is 13.1. The zero-order chi connectivity index (χ0) is 18.5. The molecule has 0 bridgehead atoms. The molecule has 1 heterocycles. The molecule has 1 aromatic heterocycles. The molecule has 2 aromatic carbocycles. The van der Waals surface area contributed by atoms with E-state index in [0.29, 0.717) is 23.7 Å². The molecule has 0 aliphatic carbocycles. The number of rotatable bonds is 6. The van der Waals surface area contributed by atoms with Gasteiger partial charge in [-0.3, -0.25) is 4.79 Å². The molecule has 3 rings (SSSR count). The van der Waals surface area contributed by atoms with Crippen LogP contribution in [0.4, 0.5) is 4.39 Å². The second-order valence-corrected chi connectivity index (χ2v) is 6.67. The van der Waals surface area contributed by atoms with Crippen LogP contribution < -0.4 is 9.54 Å². The summed E-state index contributed by atoms with van der Waals surface area (Å²) >= 11 is 1.26. The van der Waals surface area contributed by atoms with Gasteiger partial charge in [0.2, 0.25) is 0 Å². The molecule has 7 heteroatoms. The first-order valence-electron chi connectivity index (χ1n) is 8.16. The van der Waals surface area contributed by atoms with Gasteiger partial charge in [0.05, 0.1) is 16.8 Å². The van der Waals surface area contributed by atoms with Crippen LogP contribution in [0.3, 0.4) is 0 Å². The monoisotopic (exact) mass is 374 g/mol. The fourth-order valence-electron chi connectivity index (χ4n) is 2.47. The lowest BCUT2D eigenvalue weighted by Gasteiger charge is -2.10. The van der Waals surface area contributed by atoms with E-state index in [4.69, 9.17) is 9.47 Å². The van der Waals surface area contributed by atoms with E-state index in [1.165, 1.54) is 23.5 Å². The van der Waals surface area contributed by atoms with Crippen molar-refractivity contribution < 1.29 is 18.7 Å². The number of amides is 1. The largest absolute Gasteiger partial charge is 0.481 e. The Hall–Kier alpha value is -2.51. The highest BCUT2D eigenvalue weighted by Gasteiger charge is 2.15. The predicted molar refractivity (Wildman–Crippen MR) is 98.8 cm³/mol. The number of methoxy groups -OCH3 is 1. The summed E-state index contributed by atoms with van der Waals surface area (Å²) in [6.07, 6.45) is -0.727. The first-order valence-corrected chi connectivity index (χ1v) is 8.98. The Morgan fingerprint density at radius 2 is 2.04 bits per heavy atom. The van der Waals surface area contributed by atoms with Crippen LogP contribution in [-0.4, -0.2) is 30.3 Å². The quantitative estimate of drug-likeness (QED) is 0.665. The average molecular weight is 374 g/mol. The van der Waals surface area contributed by atoms with Gasteiger partial charge in [0.15, 0.2) is 10.9 Å². The molecule has 0 saturated carbocycles. The number of carbonyl (C=O) groups is 1. The van der Waals surface area contributed by atoms with Crippen molar-refractivity contribution in [2.45, 2.75) is 19.6 Å². The number of para-hydroxylation sites is 1. The van der Waals surface area contributed by atoms with Gasteiger partial charge in [-0.15, -0.1) is 0 Å². The van der Waals surface area contributed by atoms with Gasteiger partial charge in [0.1, 0.15) is 11.6 Å². The van der Waals surface area contributed by atoms with Gasteiger partial charge in [0.25, 0.3) is 5.91 Å². The summed E-state index contributed by atoms with van der Waals surface area (Å²) in [5, 5.41) is 0. The van der Waals surface area contributed by atoms with E-state index in [1.807, 2.05) is 22.8 Å². The van der Waals surface area contributed by atoms with Gasteiger partial charge in [0, 0.05) is 13.7 Å². The number of carbonyl (C=O) groups excluding carboxylic acids is 1. The van der Waals surface area contributed by atoms with Crippen molar-refractivity contribution in [2.75, 3.05) is 13.7 Å². The minimum atomic E-state index is -0.727. The number of benzene rings is 2. The molecule has 26 heavy (non-hydrogen) atoms. The fraction of sp³-hybridized carbons (Fsp3) is 0.263. The maximum atomic E-state index is 13.5. The molecule has 0 radical (unpaired) electrons. The molecule has 1 amide bonds. The van der Waals surface area contributed by atoms with E-state index >= 15 is 0 Å². The Labute approximate surface area is 154 Å². The fourth-order valence-corrected chi connectivity index (χ4v) is 3.56. The second kappa shape index (κ2) is 8.25. The molecule has 5 nitrogen and oxygen atoms in total. The summed E-state index contributed by atoms with van der Waals surface area (Å²) in [7, 11) is 1.60. The van der Waals surface area contributed by atoms with Crippen LogP contribution in [0.25, 0.3) is 10.2 Å². The maximum Gasteiger partial charge on any atom is 0.289 e. The summed E-state index contributed by atoms with van der Waals surface area (Å²) in [4.78, 5) is 17.2. The van der Waals surface area contributed by atoms with E-state index < -0.39 is 12.0 Å². The maximum absolute atomic E-state index is 13.5. The van der Waals surface area contributed by atoms with Crippen molar-refractivity contribution in [3.63, 3.8) is 0 Å². The van der Waals surface area contributed by atoms with E-state index in [2.05, 4.69) is 4.99 Å². The molecule has 0 aliphatic rings. The smallest absolute Gasteiger partial charge is 0.289 e. The molecule has 0 aliphatic heterocycles. The molecule has 0 N–H and O–H groups in total. The van der Waals surface area contributed by atoms with Gasteiger partial charge in [-0.1, -0.05) is 29.5 Å². The minimum Gasteiger partial charge on any atom is -0.481 e. The Kier molecular flexibility index (Phi) is 5.80. The van der Waals surface area contributed by atoms with E-state index in [1.54, 1.807) is 32.2 Å². The number of hydrogen-bond acceptors (Lipinski definition) is 4. The Balaban J connectivity index is 1.93. The van der Waals surface area contributed by atoms with Crippen molar-refractivity contribution in [3.05, 3.63) is 59.1 Å². The van der Waals surface area contributed by atoms with Crippen LogP contribution >= 0.6 is 11.3 Å². The first-order chi connectivity index (χ1) is 12.6. The summed E-state index contributed by atoms with van der Waals surface area (Å²) in [5.41, 5.74) is 0.816. The van der Waals surface area contributed by atoms with Crippen molar-refractivity contribution in [3.8, 4) is 5.75 Å². The summed E-state index contributed by atoms with van der Waals surface area (Å²) in [5.74, 6) is -0.113. The lowest BCUT2D eigenvalue weighted by molar-refractivity contribution is -0.124. The zero-order valence-electron chi connectivity index (χ0n) is 14.5. The van der Waals surface area contributed by atoms with Crippen LogP contribution in [-0.2, 0) is 16.1 Å². The third-order valence-corrected chi connectivity index (χ3v) is 4.81. The number of nitrogens with zero attached hydrogens (tertiary/aromatic N) is 2. The lowest BCUT2D eigenvalue weighted by atomic mass is 10.3. The van der Waals surface area contributed by atoms with Gasteiger partial charge in [-0.25, -0.2) is 4.39 Å². The number of halogens is 1. The molecular weight excluding hydrogens is 355 g/mol. The molecule has 1 atom stereocenters. The van der Waals surface area contributed by atoms with Gasteiger partial charge >= 0.3 is 0 Å². The van der Waals surface area contributed by atoms with Gasteiger partial charge in [-0.2, -0.15) is 4.99 Å². The van der Waals surface area contributed by atoms with E-state index in [0.717, 1.165) is 10.2 Å². The highest BCUT2D eigenvalue weighted by Crippen LogP contribution is 2.19. The van der Waals surface area contributed by atoms with Crippen molar-refractivity contribution in [1.82, 2.24) is 4.57 Å². The third-order valence-electron chi connectivity index (χ3n) is 3.77. The summed E-state index contributed by atoms with van der Waals surface area (Å²) < 4.78 is 26.9. The number of ether oxygens (including phenoxy) is 2. The zero-order valence-corrected chi connectivity index (χ0v) is 15.3. The predicted octanol–water partition coefficient (Wildman–Crippen LogP) is 3.38. The highest BCUT2D eigenvalue weighted by molar-refractivity contribution is 7.16. The molecule has 0 saturated heterocycles. The number of thiazole rings is 1. The van der Waals surface area contributed by atoms with Crippen LogP contribution in [0.1, 0.15) is 6.92 Å². The summed E-state index contributed by atoms with van der Waals surface area (Å²) in [6, 6.07) is 13.6. The number of hydrogen-bond donors (Lipinski definition) is 0. The van der Waals surface area contributed by atoms with Crippen molar-refractivity contribution in [2.24, 2.45) is 4.99 Å².